The molecule has 44 heavy (non-hydrogen) atoms. The van der Waals surface area contributed by atoms with E-state index in [1.165, 1.54) is 34.9 Å². The second-order valence-corrected chi connectivity index (χ2v) is 9.72. The Morgan fingerprint density at radius 3 is 2.48 bits per heavy atom. The van der Waals surface area contributed by atoms with Crippen LogP contribution in [0, 0.1) is 17.0 Å². The minimum Gasteiger partial charge on any atom is -0.452 e. The second kappa shape index (κ2) is 12.5. The molecule has 2 aromatic carbocycles. The summed E-state index contributed by atoms with van der Waals surface area (Å²) in [6.07, 6.45) is 9.96. The van der Waals surface area contributed by atoms with Crippen LogP contribution in [0.4, 0.5) is 14.5 Å². The molecule has 0 spiro atoms. The highest BCUT2D eigenvalue weighted by Gasteiger charge is 2.21. The van der Waals surface area contributed by atoms with Crippen molar-refractivity contribution >= 4 is 23.4 Å². The molecular weight excluding hydrogens is 572 g/mol. The Morgan fingerprint density at radius 1 is 1.09 bits per heavy atom. The number of hydrogen-bond donors (Lipinski definition) is 3. The van der Waals surface area contributed by atoms with Crippen molar-refractivity contribution in [3.63, 3.8) is 0 Å². The lowest BCUT2D eigenvalue weighted by molar-refractivity contribution is 0.102. The van der Waals surface area contributed by atoms with Gasteiger partial charge in [-0.2, -0.15) is 0 Å². The van der Waals surface area contributed by atoms with Gasteiger partial charge in [0.2, 0.25) is 0 Å². The van der Waals surface area contributed by atoms with E-state index < -0.39 is 34.8 Å². The number of nitrogens with zero attached hydrogens (tertiary/aromatic N) is 4. The number of benzene rings is 2. The monoisotopic (exact) mass is 597 g/mol. The molecular formula is C31H25F2N7O4. The summed E-state index contributed by atoms with van der Waals surface area (Å²) >= 11 is 0. The molecule has 5 rings (SSSR count). The van der Waals surface area contributed by atoms with Crippen LogP contribution < -0.4 is 26.6 Å². The van der Waals surface area contributed by atoms with E-state index in [-0.39, 0.29) is 28.4 Å². The number of hydrogen-bond acceptors (Lipinski definition) is 8. The zero-order valence-electron chi connectivity index (χ0n) is 23.4. The maximum Gasteiger partial charge on any atom is 0.335 e. The molecule has 0 fully saturated rings. The smallest absolute Gasteiger partial charge is 0.335 e. The molecule has 1 amide bonds. The average molecular weight is 598 g/mol. The van der Waals surface area contributed by atoms with Crippen molar-refractivity contribution in [2.24, 2.45) is 0 Å². The number of rotatable bonds is 8. The third-order valence-electron chi connectivity index (χ3n) is 6.42. The van der Waals surface area contributed by atoms with E-state index in [0.717, 1.165) is 35.2 Å². The van der Waals surface area contributed by atoms with Crippen LogP contribution >= 0.6 is 0 Å². The molecule has 3 N–H and O–H groups in total. The lowest BCUT2D eigenvalue weighted by Crippen LogP contribution is -2.42. The topological polar surface area (TPSA) is 144 Å². The van der Waals surface area contributed by atoms with Crippen molar-refractivity contribution < 1.29 is 18.3 Å². The Hall–Kier alpha value is -5.98. The van der Waals surface area contributed by atoms with Crippen molar-refractivity contribution in [1.29, 1.82) is 5.41 Å². The van der Waals surface area contributed by atoms with Crippen molar-refractivity contribution in [3.8, 4) is 11.4 Å². The Balaban J connectivity index is 1.43. The highest BCUT2D eigenvalue weighted by Crippen LogP contribution is 2.28. The van der Waals surface area contributed by atoms with E-state index in [0.29, 0.717) is 17.1 Å². The van der Waals surface area contributed by atoms with Gasteiger partial charge in [0.25, 0.3) is 11.5 Å². The van der Waals surface area contributed by atoms with Gasteiger partial charge in [-0.05, 0) is 68.5 Å². The zero-order valence-corrected chi connectivity index (χ0v) is 23.4. The molecule has 2 aromatic heterocycles. The normalized spacial score (nSPS) is 13.6. The predicted molar refractivity (Wildman–Crippen MR) is 160 cm³/mol. The van der Waals surface area contributed by atoms with Gasteiger partial charge in [0.1, 0.15) is 11.4 Å². The van der Waals surface area contributed by atoms with Crippen LogP contribution in [0.3, 0.4) is 0 Å². The van der Waals surface area contributed by atoms with Gasteiger partial charge in [-0.3, -0.25) is 14.2 Å². The van der Waals surface area contributed by atoms with Crippen LogP contribution in [-0.4, -0.2) is 31.2 Å². The first-order valence-corrected chi connectivity index (χ1v) is 13.3. The van der Waals surface area contributed by atoms with Gasteiger partial charge >= 0.3 is 5.69 Å². The summed E-state index contributed by atoms with van der Waals surface area (Å²) in [6, 6.07) is 9.62. The quantitative estimate of drug-likeness (QED) is 0.256. The lowest BCUT2D eigenvalue weighted by atomic mass is 10.1. The van der Waals surface area contributed by atoms with Crippen molar-refractivity contribution in [3.05, 3.63) is 141 Å². The van der Waals surface area contributed by atoms with Crippen molar-refractivity contribution in [2.45, 2.75) is 19.9 Å². The van der Waals surface area contributed by atoms with Crippen LogP contribution in [0.5, 0.6) is 5.75 Å². The number of carbonyl (C=O) groups excluding carboxylic acids is 1. The molecule has 1 aliphatic rings. The van der Waals surface area contributed by atoms with Crippen LogP contribution in [0.15, 0.2) is 107 Å². The van der Waals surface area contributed by atoms with Crippen molar-refractivity contribution in [1.82, 2.24) is 24.4 Å². The third kappa shape index (κ3) is 6.11. The Kier molecular flexibility index (Phi) is 8.37. The first-order valence-electron chi connectivity index (χ1n) is 13.3. The van der Waals surface area contributed by atoms with E-state index in [4.69, 9.17) is 10.1 Å². The molecule has 11 nitrogen and oxygen atoms in total. The summed E-state index contributed by atoms with van der Waals surface area (Å²) in [4.78, 5) is 48.0. The lowest BCUT2D eigenvalue weighted by Gasteiger charge is -2.19. The molecule has 0 unspecified atom stereocenters. The number of halogens is 2. The van der Waals surface area contributed by atoms with E-state index >= 15 is 4.39 Å². The number of anilines is 1. The fraction of sp³-hybridized carbons (Fsp3) is 0.0968. The number of aromatic nitrogens is 4. The number of nitrogens with one attached hydrogen (secondary N) is 3. The fourth-order valence-corrected chi connectivity index (χ4v) is 4.26. The molecule has 4 aromatic rings. The number of ether oxygens (including phenoxy) is 1. The average Bonchev–Trinajstić information content (AvgIpc) is 3.00. The van der Waals surface area contributed by atoms with Crippen LogP contribution in [0.25, 0.3) is 11.3 Å². The summed E-state index contributed by atoms with van der Waals surface area (Å²) in [5.74, 6) is -1.88. The maximum atomic E-state index is 15.2. The molecule has 0 atom stereocenters. The first-order chi connectivity index (χ1) is 21.2. The van der Waals surface area contributed by atoms with E-state index in [9.17, 15) is 18.8 Å². The molecule has 222 valence electrons. The molecule has 0 saturated carbocycles. The highest BCUT2D eigenvalue weighted by molar-refractivity contribution is 6.03. The summed E-state index contributed by atoms with van der Waals surface area (Å²) in [7, 11) is 0. The molecule has 0 bridgehead atoms. The summed E-state index contributed by atoms with van der Waals surface area (Å²) in [6.45, 7) is 3.39. The SMILES string of the molecule is CC(C)n1cc(C(=O)Nc2ccc(OC3=CC(c4ncccn4)=CN/C3=C\C=N)c(F)c2)c(=O)n(-c2ccc(F)cc2)c1=O. The second-order valence-electron chi connectivity index (χ2n) is 9.72. The van der Waals surface area contributed by atoms with Gasteiger partial charge < -0.3 is 20.8 Å². The van der Waals surface area contributed by atoms with Gasteiger partial charge in [0.15, 0.2) is 23.2 Å². The zero-order chi connectivity index (χ0) is 31.4. The van der Waals surface area contributed by atoms with Gasteiger partial charge in [0, 0.05) is 54.4 Å². The minimum absolute atomic E-state index is 0.0131. The largest absolute Gasteiger partial charge is 0.452 e. The van der Waals surface area contributed by atoms with Gasteiger partial charge in [-0.25, -0.2) is 28.1 Å². The highest BCUT2D eigenvalue weighted by atomic mass is 19.1. The minimum atomic E-state index is -0.926. The molecule has 0 aliphatic carbocycles. The summed E-state index contributed by atoms with van der Waals surface area (Å²) < 4.78 is 36.5. The van der Waals surface area contributed by atoms with Crippen LogP contribution in [0.2, 0.25) is 0 Å². The van der Waals surface area contributed by atoms with Gasteiger partial charge in [-0.1, -0.05) is 0 Å². The molecule has 0 radical (unpaired) electrons. The van der Waals surface area contributed by atoms with Gasteiger partial charge in [0.05, 0.1) is 11.4 Å². The third-order valence-corrected chi connectivity index (χ3v) is 6.42. The molecule has 13 heteroatoms. The predicted octanol–water partition coefficient (Wildman–Crippen LogP) is 4.34. The number of allylic oxidation sites excluding steroid dienone is 3. The standard InChI is InChI=1S/C31H25F2N7O4/c1-18(2)39-17-23(30(42)40(31(39)43)22-7-4-20(32)5-8-22)29(41)38-21-6-9-26(24(33)15-21)44-27-14-19(16-37-25(27)10-11-34)28-35-12-3-13-36-28/h3-18,34,37H,1-2H3,(H,38,41)/b25-10-,34-11?. The summed E-state index contributed by atoms with van der Waals surface area (Å²) in [5.41, 5.74) is -0.983. The van der Waals surface area contributed by atoms with Crippen LogP contribution in [0.1, 0.15) is 36.1 Å². The molecule has 3 heterocycles. The Morgan fingerprint density at radius 2 is 1.82 bits per heavy atom. The number of dihydropyridines is 1. The van der Waals surface area contributed by atoms with Crippen molar-refractivity contribution in [2.75, 3.05) is 5.32 Å². The summed E-state index contributed by atoms with van der Waals surface area (Å²) in [5, 5.41) is 12.9. The van der Waals surface area contributed by atoms with E-state index in [1.807, 2.05) is 0 Å². The van der Waals surface area contributed by atoms with Crippen LogP contribution in [-0.2, 0) is 0 Å². The van der Waals surface area contributed by atoms with Gasteiger partial charge in [-0.15, -0.1) is 0 Å². The molecule has 1 aliphatic heterocycles. The maximum absolute atomic E-state index is 15.2. The Labute approximate surface area is 249 Å². The number of carbonyl (C=O) groups is 1. The van der Waals surface area contributed by atoms with E-state index in [1.54, 1.807) is 44.6 Å². The first kappa shape index (κ1) is 29.5. The number of amides is 1. The molecule has 0 saturated heterocycles. The Bertz CT molecular complexity index is 1960. The van der Waals surface area contributed by atoms with E-state index in [2.05, 4.69) is 20.6 Å². The fourth-order valence-electron chi connectivity index (χ4n) is 4.26.